The van der Waals surface area contributed by atoms with Crippen LogP contribution in [0.2, 0.25) is 0 Å². The van der Waals surface area contributed by atoms with Crippen molar-refractivity contribution in [3.05, 3.63) is 0 Å². The molecule has 0 radical (unpaired) electrons. The van der Waals surface area contributed by atoms with E-state index in [1.165, 1.54) is 0 Å². The monoisotopic (exact) mass is 286 g/mol. The number of hydrogen-bond acceptors (Lipinski definition) is 4. The van der Waals surface area contributed by atoms with Crippen molar-refractivity contribution < 1.29 is 19.4 Å². The van der Waals surface area contributed by atoms with E-state index in [9.17, 15) is 9.59 Å². The quantitative estimate of drug-likeness (QED) is 0.778. The third-order valence-corrected chi connectivity index (χ3v) is 3.61. The van der Waals surface area contributed by atoms with Crippen LogP contribution >= 0.6 is 0 Å². The zero-order valence-electron chi connectivity index (χ0n) is 12.9. The molecule has 6 nitrogen and oxygen atoms in total. The second-order valence-corrected chi connectivity index (χ2v) is 5.96. The van der Waals surface area contributed by atoms with E-state index < -0.39 is 12.0 Å². The molecule has 2 N–H and O–H groups in total. The van der Waals surface area contributed by atoms with Crippen LogP contribution in [0.5, 0.6) is 0 Å². The minimum atomic E-state index is -0.996. The number of amides is 1. The van der Waals surface area contributed by atoms with Crippen LogP contribution in [0.15, 0.2) is 0 Å². The minimum absolute atomic E-state index is 0.0781. The average Bonchev–Trinajstić information content (AvgIpc) is 2.32. The van der Waals surface area contributed by atoms with Gasteiger partial charge in [-0.15, -0.1) is 0 Å². The molecular weight excluding hydrogens is 260 g/mol. The molecule has 0 aliphatic carbocycles. The predicted molar refractivity (Wildman–Crippen MR) is 75.4 cm³/mol. The highest BCUT2D eigenvalue weighted by atomic mass is 16.5. The van der Waals surface area contributed by atoms with Gasteiger partial charge in [0, 0.05) is 13.1 Å². The van der Waals surface area contributed by atoms with Gasteiger partial charge in [-0.25, -0.2) is 4.79 Å². The number of rotatable bonds is 5. The second-order valence-electron chi connectivity index (χ2n) is 5.96. The fraction of sp³-hybridized carbons (Fsp3) is 0.857. The molecule has 4 atom stereocenters. The van der Waals surface area contributed by atoms with Crippen molar-refractivity contribution in [3.63, 3.8) is 0 Å². The van der Waals surface area contributed by atoms with Gasteiger partial charge in [0.05, 0.1) is 18.2 Å². The zero-order valence-corrected chi connectivity index (χ0v) is 12.9. The highest BCUT2D eigenvalue weighted by Crippen LogP contribution is 2.14. The van der Waals surface area contributed by atoms with E-state index in [0.29, 0.717) is 13.1 Å². The van der Waals surface area contributed by atoms with Crippen LogP contribution in [0.25, 0.3) is 0 Å². The Morgan fingerprint density at radius 3 is 2.10 bits per heavy atom. The van der Waals surface area contributed by atoms with Crippen molar-refractivity contribution in [3.8, 4) is 0 Å². The summed E-state index contributed by atoms with van der Waals surface area (Å²) in [6.07, 6.45) is 0.156. The molecule has 4 unspecified atom stereocenters. The maximum atomic E-state index is 12.2. The molecule has 0 saturated carbocycles. The van der Waals surface area contributed by atoms with Gasteiger partial charge in [-0.1, -0.05) is 13.8 Å². The summed E-state index contributed by atoms with van der Waals surface area (Å²) in [6.45, 7) is 10.7. The summed E-state index contributed by atoms with van der Waals surface area (Å²) in [7, 11) is 0. The molecule has 1 amide bonds. The van der Waals surface area contributed by atoms with E-state index >= 15 is 0 Å². The molecule has 0 aromatic heterocycles. The van der Waals surface area contributed by atoms with E-state index in [4.69, 9.17) is 9.84 Å². The Morgan fingerprint density at radius 2 is 1.70 bits per heavy atom. The Balaban J connectivity index is 2.64. The fourth-order valence-electron chi connectivity index (χ4n) is 2.49. The minimum Gasteiger partial charge on any atom is -0.480 e. The second kappa shape index (κ2) is 7.04. The number of carbonyl (C=O) groups excluding carboxylic acids is 1. The summed E-state index contributed by atoms with van der Waals surface area (Å²) in [5.74, 6) is -1.39. The summed E-state index contributed by atoms with van der Waals surface area (Å²) in [4.78, 5) is 25.4. The number of ether oxygens (including phenoxy) is 1. The summed E-state index contributed by atoms with van der Waals surface area (Å²) < 4.78 is 5.64. The maximum absolute atomic E-state index is 12.2. The molecule has 1 heterocycles. The third-order valence-electron chi connectivity index (χ3n) is 3.61. The van der Waals surface area contributed by atoms with E-state index in [1.54, 1.807) is 20.8 Å². The molecule has 1 rings (SSSR count). The summed E-state index contributed by atoms with van der Waals surface area (Å²) in [5, 5.41) is 11.7. The van der Waals surface area contributed by atoms with Crippen molar-refractivity contribution in [1.82, 2.24) is 10.2 Å². The number of carbonyl (C=O) groups is 2. The number of carboxylic acids is 1. The molecule has 6 heteroatoms. The molecule has 1 aliphatic rings. The Hall–Kier alpha value is -1.14. The number of hydrogen-bond donors (Lipinski definition) is 2. The van der Waals surface area contributed by atoms with Crippen LogP contribution < -0.4 is 5.32 Å². The van der Waals surface area contributed by atoms with Crippen molar-refractivity contribution >= 4 is 11.9 Å². The standard InChI is InChI=1S/C14H26N2O4/c1-8(2)12(14(18)19)15-13(17)11(5)16-6-9(3)20-10(4)7-16/h8-12H,6-7H2,1-5H3,(H,15,17)(H,18,19). The largest absolute Gasteiger partial charge is 0.480 e. The van der Waals surface area contributed by atoms with Gasteiger partial charge in [-0.2, -0.15) is 0 Å². The first-order chi connectivity index (χ1) is 9.22. The smallest absolute Gasteiger partial charge is 0.326 e. The molecule has 116 valence electrons. The Kier molecular flexibility index (Phi) is 5.95. The SMILES string of the molecule is CC1CN(C(C)C(=O)NC(C(=O)O)C(C)C)CC(C)O1. The lowest BCUT2D eigenvalue weighted by molar-refractivity contribution is -0.145. The van der Waals surface area contributed by atoms with Crippen molar-refractivity contribution in [2.45, 2.75) is 58.9 Å². The number of nitrogens with zero attached hydrogens (tertiary/aromatic N) is 1. The maximum Gasteiger partial charge on any atom is 0.326 e. The molecular formula is C14H26N2O4. The first-order valence-electron chi connectivity index (χ1n) is 7.15. The van der Waals surface area contributed by atoms with Gasteiger partial charge in [-0.3, -0.25) is 9.69 Å². The topological polar surface area (TPSA) is 78.9 Å². The third kappa shape index (κ3) is 4.45. The lowest BCUT2D eigenvalue weighted by atomic mass is 10.0. The summed E-state index contributed by atoms with van der Waals surface area (Å²) in [6, 6.07) is -1.20. The first-order valence-corrected chi connectivity index (χ1v) is 7.15. The molecule has 0 bridgehead atoms. The molecule has 1 saturated heterocycles. The molecule has 20 heavy (non-hydrogen) atoms. The summed E-state index contributed by atoms with van der Waals surface area (Å²) in [5.41, 5.74) is 0. The number of morpholine rings is 1. The fourth-order valence-corrected chi connectivity index (χ4v) is 2.49. The van der Waals surface area contributed by atoms with E-state index in [2.05, 4.69) is 5.32 Å². The van der Waals surface area contributed by atoms with Crippen LogP contribution in [0, 0.1) is 5.92 Å². The van der Waals surface area contributed by atoms with Gasteiger partial charge >= 0.3 is 5.97 Å². The van der Waals surface area contributed by atoms with Gasteiger partial charge in [0.1, 0.15) is 6.04 Å². The van der Waals surface area contributed by atoms with Crippen LogP contribution in [-0.4, -0.2) is 59.3 Å². The Labute approximate surface area is 120 Å². The lowest BCUT2D eigenvalue weighted by Gasteiger charge is -2.38. The van der Waals surface area contributed by atoms with Gasteiger partial charge in [0.2, 0.25) is 5.91 Å². The molecule has 0 aromatic carbocycles. The van der Waals surface area contributed by atoms with Crippen molar-refractivity contribution in [2.75, 3.05) is 13.1 Å². The van der Waals surface area contributed by atoms with Gasteiger partial charge in [0.25, 0.3) is 0 Å². The highest BCUT2D eigenvalue weighted by Gasteiger charge is 2.32. The van der Waals surface area contributed by atoms with E-state index in [1.807, 2.05) is 18.7 Å². The van der Waals surface area contributed by atoms with Crippen molar-refractivity contribution in [1.29, 1.82) is 0 Å². The number of nitrogens with one attached hydrogen (secondary N) is 1. The Morgan fingerprint density at radius 1 is 1.20 bits per heavy atom. The Bertz CT molecular complexity index is 349. The number of aliphatic carboxylic acids is 1. The predicted octanol–water partition coefficient (Wildman–Crippen LogP) is 0.710. The zero-order chi connectivity index (χ0) is 15.4. The normalized spacial score (nSPS) is 27.1. The molecule has 0 spiro atoms. The van der Waals surface area contributed by atoms with E-state index in [-0.39, 0.29) is 30.1 Å². The lowest BCUT2D eigenvalue weighted by Crippen LogP contribution is -2.56. The van der Waals surface area contributed by atoms with E-state index in [0.717, 1.165) is 0 Å². The molecule has 1 aliphatic heterocycles. The van der Waals surface area contributed by atoms with Gasteiger partial charge in [-0.05, 0) is 26.7 Å². The van der Waals surface area contributed by atoms with Crippen LogP contribution in [0.1, 0.15) is 34.6 Å². The molecule has 1 fully saturated rings. The number of carboxylic acid groups (broad SMARTS) is 1. The van der Waals surface area contributed by atoms with Crippen LogP contribution in [0.3, 0.4) is 0 Å². The first kappa shape index (κ1) is 16.9. The van der Waals surface area contributed by atoms with Gasteiger partial charge in [0.15, 0.2) is 0 Å². The average molecular weight is 286 g/mol. The van der Waals surface area contributed by atoms with Crippen LogP contribution in [0.4, 0.5) is 0 Å². The highest BCUT2D eigenvalue weighted by molar-refractivity contribution is 5.86. The van der Waals surface area contributed by atoms with Gasteiger partial charge < -0.3 is 15.2 Å². The van der Waals surface area contributed by atoms with Crippen molar-refractivity contribution in [2.24, 2.45) is 5.92 Å². The molecule has 0 aromatic rings. The van der Waals surface area contributed by atoms with Crippen LogP contribution in [-0.2, 0) is 14.3 Å². The summed E-state index contributed by atoms with van der Waals surface area (Å²) >= 11 is 0.